The molecule has 47 valence electrons. The molecule has 9 heavy (non-hydrogen) atoms. The second-order valence-corrected chi connectivity index (χ2v) is 1.89. The molecule has 1 aromatic rings. The highest BCUT2D eigenvalue weighted by atomic mass is 14.9. The summed E-state index contributed by atoms with van der Waals surface area (Å²) >= 11 is 0. The fourth-order valence-electron chi connectivity index (χ4n) is 0.646. The standard InChI is InChI=1S/C7H9N2/c1-3-7-4-5-8-6(2)9-7/h4H,3H2,1-2H3. The third kappa shape index (κ3) is 1.49. The number of aromatic nitrogens is 2. The zero-order valence-electron chi connectivity index (χ0n) is 5.68. The van der Waals surface area contributed by atoms with Crippen LogP contribution < -0.4 is 0 Å². The van der Waals surface area contributed by atoms with Crippen molar-refractivity contribution in [1.82, 2.24) is 9.97 Å². The summed E-state index contributed by atoms with van der Waals surface area (Å²) in [6.45, 7) is 3.94. The molecule has 0 spiro atoms. The van der Waals surface area contributed by atoms with Gasteiger partial charge in [0, 0.05) is 5.69 Å². The molecule has 0 N–H and O–H groups in total. The summed E-state index contributed by atoms with van der Waals surface area (Å²) in [6.07, 6.45) is 3.73. The Morgan fingerprint density at radius 2 is 2.44 bits per heavy atom. The minimum atomic E-state index is 0.800. The smallest absolute Gasteiger partial charge is 0.126 e. The molecule has 0 saturated heterocycles. The summed E-state index contributed by atoms with van der Waals surface area (Å²) in [4.78, 5) is 8.00. The van der Waals surface area contributed by atoms with Gasteiger partial charge in [-0.05, 0) is 19.4 Å². The van der Waals surface area contributed by atoms with Crippen LogP contribution in [0.25, 0.3) is 0 Å². The molecule has 0 unspecified atom stereocenters. The molecule has 2 nitrogen and oxygen atoms in total. The van der Waals surface area contributed by atoms with Crippen molar-refractivity contribution in [3.8, 4) is 0 Å². The van der Waals surface area contributed by atoms with Crippen LogP contribution >= 0.6 is 0 Å². The Bertz CT molecular complexity index is 196. The maximum absolute atomic E-state index is 4.15. The van der Waals surface area contributed by atoms with Crippen LogP contribution in [0.5, 0.6) is 0 Å². The molecule has 0 aliphatic rings. The van der Waals surface area contributed by atoms with Crippen molar-refractivity contribution in [2.45, 2.75) is 20.3 Å². The zero-order valence-corrected chi connectivity index (χ0v) is 5.68. The predicted octanol–water partition coefficient (Wildman–Crippen LogP) is 1.15. The van der Waals surface area contributed by atoms with E-state index < -0.39 is 0 Å². The molecule has 0 aromatic carbocycles. The summed E-state index contributed by atoms with van der Waals surface area (Å²) in [5.41, 5.74) is 1.06. The molecule has 1 aromatic heterocycles. The third-order valence-corrected chi connectivity index (χ3v) is 1.13. The molecule has 1 radical (unpaired) electrons. The second-order valence-electron chi connectivity index (χ2n) is 1.89. The van der Waals surface area contributed by atoms with E-state index in [2.05, 4.69) is 23.1 Å². The molecule has 1 heterocycles. The SMILES string of the molecule is CCc1c[c]nc(C)n1. The van der Waals surface area contributed by atoms with Crippen molar-refractivity contribution in [3.63, 3.8) is 0 Å². The van der Waals surface area contributed by atoms with Gasteiger partial charge in [-0.25, -0.2) is 9.97 Å². The molecule has 0 aliphatic carbocycles. The zero-order chi connectivity index (χ0) is 6.69. The van der Waals surface area contributed by atoms with Crippen LogP contribution in [-0.4, -0.2) is 9.97 Å². The first-order valence-electron chi connectivity index (χ1n) is 3.03. The second kappa shape index (κ2) is 2.58. The molecule has 0 atom stereocenters. The summed E-state index contributed by atoms with van der Waals surface area (Å²) in [5, 5.41) is 0. The van der Waals surface area contributed by atoms with Crippen molar-refractivity contribution < 1.29 is 0 Å². The Balaban J connectivity index is 2.94. The maximum atomic E-state index is 4.15. The van der Waals surface area contributed by atoms with Gasteiger partial charge >= 0.3 is 0 Å². The Labute approximate surface area is 55.0 Å². The van der Waals surface area contributed by atoms with E-state index in [0.717, 1.165) is 17.9 Å². The van der Waals surface area contributed by atoms with Crippen molar-refractivity contribution in [3.05, 3.63) is 23.8 Å². The molecular weight excluding hydrogens is 112 g/mol. The van der Waals surface area contributed by atoms with Crippen LogP contribution in [0, 0.1) is 13.1 Å². The molecule has 0 amide bonds. The van der Waals surface area contributed by atoms with E-state index in [1.54, 1.807) is 0 Å². The Kier molecular flexibility index (Phi) is 1.78. The fourth-order valence-corrected chi connectivity index (χ4v) is 0.646. The molecule has 0 fully saturated rings. The van der Waals surface area contributed by atoms with E-state index >= 15 is 0 Å². The highest BCUT2D eigenvalue weighted by Gasteiger charge is 1.89. The quantitative estimate of drug-likeness (QED) is 0.557. The number of hydrogen-bond donors (Lipinski definition) is 0. The highest BCUT2D eigenvalue weighted by Crippen LogP contribution is 1.92. The van der Waals surface area contributed by atoms with Gasteiger partial charge in [0.1, 0.15) is 5.82 Å². The number of rotatable bonds is 1. The van der Waals surface area contributed by atoms with Gasteiger partial charge in [-0.2, -0.15) is 0 Å². The van der Waals surface area contributed by atoms with Crippen LogP contribution in [0.3, 0.4) is 0 Å². The normalized spacial score (nSPS) is 9.56. The number of nitrogens with zero attached hydrogens (tertiary/aromatic N) is 2. The van der Waals surface area contributed by atoms with Crippen molar-refractivity contribution in [2.75, 3.05) is 0 Å². The average Bonchev–Trinajstić information content (AvgIpc) is 1.88. The molecular formula is C7H9N2. The summed E-state index contributed by atoms with van der Waals surface area (Å²) in [5.74, 6) is 0.800. The van der Waals surface area contributed by atoms with Gasteiger partial charge in [0.15, 0.2) is 0 Å². The molecule has 1 rings (SSSR count). The molecule has 0 bridgehead atoms. The van der Waals surface area contributed by atoms with Crippen molar-refractivity contribution >= 4 is 0 Å². The van der Waals surface area contributed by atoms with Crippen LogP contribution in [0.2, 0.25) is 0 Å². The van der Waals surface area contributed by atoms with Gasteiger partial charge in [0.05, 0.1) is 6.20 Å². The van der Waals surface area contributed by atoms with Crippen LogP contribution in [-0.2, 0) is 6.42 Å². The molecule has 2 heteroatoms. The molecule has 0 saturated carbocycles. The minimum Gasteiger partial charge on any atom is -0.238 e. The van der Waals surface area contributed by atoms with Gasteiger partial charge < -0.3 is 0 Å². The van der Waals surface area contributed by atoms with Gasteiger partial charge in [-0.1, -0.05) is 6.92 Å². The van der Waals surface area contributed by atoms with Gasteiger partial charge in [0.2, 0.25) is 0 Å². The first-order chi connectivity index (χ1) is 4.33. The average molecular weight is 121 g/mol. The lowest BCUT2D eigenvalue weighted by molar-refractivity contribution is 0.945. The van der Waals surface area contributed by atoms with E-state index in [0.29, 0.717) is 0 Å². The maximum Gasteiger partial charge on any atom is 0.126 e. The van der Waals surface area contributed by atoms with Crippen molar-refractivity contribution in [1.29, 1.82) is 0 Å². The first-order valence-corrected chi connectivity index (χ1v) is 3.03. The van der Waals surface area contributed by atoms with E-state index in [4.69, 9.17) is 0 Å². The Hall–Kier alpha value is -0.920. The molecule has 0 aliphatic heterocycles. The fraction of sp³-hybridized carbons (Fsp3) is 0.429. The largest absolute Gasteiger partial charge is 0.238 e. The first kappa shape index (κ1) is 6.20. The van der Waals surface area contributed by atoms with E-state index in [1.165, 1.54) is 0 Å². The van der Waals surface area contributed by atoms with E-state index in [9.17, 15) is 0 Å². The lowest BCUT2D eigenvalue weighted by atomic mass is 10.3. The van der Waals surface area contributed by atoms with Gasteiger partial charge in [0.25, 0.3) is 0 Å². The van der Waals surface area contributed by atoms with Gasteiger partial charge in [-0.15, -0.1) is 0 Å². The lowest BCUT2D eigenvalue weighted by Crippen LogP contribution is -1.91. The summed E-state index contributed by atoms with van der Waals surface area (Å²) in [7, 11) is 0. The minimum absolute atomic E-state index is 0.800. The highest BCUT2D eigenvalue weighted by molar-refractivity contribution is 4.99. The Morgan fingerprint density at radius 1 is 1.67 bits per heavy atom. The predicted molar refractivity (Wildman–Crippen MR) is 35.0 cm³/mol. The monoisotopic (exact) mass is 121 g/mol. The van der Waals surface area contributed by atoms with Gasteiger partial charge in [-0.3, -0.25) is 0 Å². The topological polar surface area (TPSA) is 25.8 Å². The lowest BCUT2D eigenvalue weighted by Gasteiger charge is -1.92. The summed E-state index contributed by atoms with van der Waals surface area (Å²) < 4.78 is 0. The van der Waals surface area contributed by atoms with Crippen LogP contribution in [0.15, 0.2) is 6.07 Å². The number of aryl methyl sites for hydroxylation is 2. The summed E-state index contributed by atoms with van der Waals surface area (Å²) in [6, 6.07) is 1.81. The number of hydrogen-bond acceptors (Lipinski definition) is 2. The van der Waals surface area contributed by atoms with Crippen LogP contribution in [0.4, 0.5) is 0 Å². The van der Waals surface area contributed by atoms with Crippen LogP contribution in [0.1, 0.15) is 18.4 Å². The Morgan fingerprint density at radius 3 is 2.89 bits per heavy atom. The van der Waals surface area contributed by atoms with Crippen molar-refractivity contribution in [2.24, 2.45) is 0 Å². The third-order valence-electron chi connectivity index (χ3n) is 1.13. The van der Waals surface area contributed by atoms with E-state index in [-0.39, 0.29) is 0 Å². The van der Waals surface area contributed by atoms with E-state index in [1.807, 2.05) is 13.0 Å².